The van der Waals surface area contributed by atoms with Crippen molar-refractivity contribution in [3.05, 3.63) is 48.5 Å². The van der Waals surface area contributed by atoms with Gasteiger partial charge in [0.2, 0.25) is 5.95 Å². The third-order valence-corrected chi connectivity index (χ3v) is 4.11. The molecule has 0 N–H and O–H groups in total. The summed E-state index contributed by atoms with van der Waals surface area (Å²) in [5.74, 6) is 0.768. The van der Waals surface area contributed by atoms with Crippen molar-refractivity contribution in [2.45, 2.75) is 25.0 Å². The molecule has 6 heteroatoms. The van der Waals surface area contributed by atoms with Crippen LogP contribution in [0.3, 0.4) is 0 Å². The topological polar surface area (TPSA) is 60.4 Å². The minimum Gasteiger partial charge on any atom is -0.382 e. The summed E-state index contributed by atoms with van der Waals surface area (Å²) in [5.41, 5.74) is 1.24. The molecule has 1 fully saturated rings. The minimum atomic E-state index is 0.155. The van der Waals surface area contributed by atoms with Crippen molar-refractivity contribution < 1.29 is 9.47 Å². The van der Waals surface area contributed by atoms with E-state index >= 15 is 0 Å². The molecule has 3 rings (SSSR count). The van der Waals surface area contributed by atoms with Gasteiger partial charge in [-0.05, 0) is 36.6 Å². The van der Waals surface area contributed by atoms with E-state index in [1.54, 1.807) is 19.5 Å². The first-order chi connectivity index (χ1) is 11.4. The molecular formula is C17H22N4O2. The van der Waals surface area contributed by atoms with E-state index in [-0.39, 0.29) is 12.1 Å². The molecule has 0 aliphatic carbocycles. The maximum Gasteiger partial charge on any atom is 0.225 e. The lowest BCUT2D eigenvalue weighted by Crippen LogP contribution is -2.39. The van der Waals surface area contributed by atoms with E-state index in [1.807, 2.05) is 18.5 Å². The number of ether oxygens (including phenoxy) is 2. The maximum atomic E-state index is 6.04. The Morgan fingerprint density at radius 1 is 1.13 bits per heavy atom. The Hall–Kier alpha value is -2.05. The van der Waals surface area contributed by atoms with Crippen LogP contribution in [0.2, 0.25) is 0 Å². The fraction of sp³-hybridized carbons (Fsp3) is 0.471. The molecule has 1 aliphatic rings. The smallest absolute Gasteiger partial charge is 0.225 e. The van der Waals surface area contributed by atoms with Gasteiger partial charge in [0.05, 0.1) is 25.4 Å². The van der Waals surface area contributed by atoms with E-state index < -0.39 is 0 Å². The number of hydrogen-bond donors (Lipinski definition) is 0. The van der Waals surface area contributed by atoms with Crippen molar-refractivity contribution >= 4 is 5.95 Å². The fourth-order valence-electron chi connectivity index (χ4n) is 2.99. The van der Waals surface area contributed by atoms with Crippen LogP contribution in [-0.4, -0.2) is 54.0 Å². The Bertz CT molecular complexity index is 582. The molecule has 0 radical (unpaired) electrons. The first-order valence-corrected chi connectivity index (χ1v) is 7.91. The molecule has 0 aromatic carbocycles. The maximum absolute atomic E-state index is 6.04. The number of anilines is 1. The quantitative estimate of drug-likeness (QED) is 0.725. The van der Waals surface area contributed by atoms with Crippen molar-refractivity contribution in [1.29, 1.82) is 0 Å². The van der Waals surface area contributed by atoms with Crippen molar-refractivity contribution in [1.82, 2.24) is 15.0 Å². The molecule has 0 bridgehead atoms. The first kappa shape index (κ1) is 15.8. The van der Waals surface area contributed by atoms with Gasteiger partial charge in [0.1, 0.15) is 0 Å². The van der Waals surface area contributed by atoms with Gasteiger partial charge in [-0.15, -0.1) is 0 Å². The highest BCUT2D eigenvalue weighted by Gasteiger charge is 2.36. The summed E-state index contributed by atoms with van der Waals surface area (Å²) < 4.78 is 11.1. The molecule has 1 saturated heterocycles. The lowest BCUT2D eigenvalue weighted by Gasteiger charge is -2.28. The lowest BCUT2D eigenvalue weighted by molar-refractivity contribution is 0.0136. The molecule has 0 spiro atoms. The van der Waals surface area contributed by atoms with Crippen LogP contribution < -0.4 is 4.90 Å². The second-order valence-electron chi connectivity index (χ2n) is 5.56. The molecule has 23 heavy (non-hydrogen) atoms. The number of pyridine rings is 1. The van der Waals surface area contributed by atoms with E-state index in [4.69, 9.17) is 9.47 Å². The van der Waals surface area contributed by atoms with Gasteiger partial charge in [-0.2, -0.15) is 0 Å². The number of aromatic nitrogens is 3. The molecule has 3 heterocycles. The zero-order chi connectivity index (χ0) is 15.9. The summed E-state index contributed by atoms with van der Waals surface area (Å²) in [7, 11) is 1.69. The normalized spacial score (nSPS) is 20.8. The van der Waals surface area contributed by atoms with Gasteiger partial charge in [0.15, 0.2) is 0 Å². The van der Waals surface area contributed by atoms with Crippen LogP contribution in [0.25, 0.3) is 0 Å². The van der Waals surface area contributed by atoms with Gasteiger partial charge >= 0.3 is 0 Å². The standard InChI is InChI=1S/C17H22N4O2/c1-22-11-12-23-16-5-10-21(17-19-6-2-7-20-17)15(16)13-14-3-8-18-9-4-14/h2-4,6-9,15-16H,5,10-13H2,1H3/t15-,16+/m0/s1. The van der Waals surface area contributed by atoms with E-state index in [9.17, 15) is 0 Å². The first-order valence-electron chi connectivity index (χ1n) is 7.91. The Morgan fingerprint density at radius 3 is 2.65 bits per heavy atom. The van der Waals surface area contributed by atoms with Crippen molar-refractivity contribution in [2.24, 2.45) is 0 Å². The molecule has 2 aromatic heterocycles. The van der Waals surface area contributed by atoms with E-state index in [2.05, 4.69) is 32.0 Å². The zero-order valence-corrected chi connectivity index (χ0v) is 13.3. The highest BCUT2D eigenvalue weighted by molar-refractivity contribution is 5.35. The number of hydrogen-bond acceptors (Lipinski definition) is 6. The highest BCUT2D eigenvalue weighted by atomic mass is 16.5. The van der Waals surface area contributed by atoms with Crippen LogP contribution in [0, 0.1) is 0 Å². The van der Waals surface area contributed by atoms with Crippen LogP contribution >= 0.6 is 0 Å². The second kappa shape index (κ2) is 7.99. The number of rotatable bonds is 7. The molecule has 2 aromatic rings. The zero-order valence-electron chi connectivity index (χ0n) is 13.3. The lowest BCUT2D eigenvalue weighted by atomic mass is 10.0. The summed E-state index contributed by atoms with van der Waals surface area (Å²) in [6.07, 6.45) is 9.23. The predicted octanol–water partition coefficient (Wildman–Crippen LogP) is 1.72. The average Bonchev–Trinajstić information content (AvgIpc) is 3.00. The van der Waals surface area contributed by atoms with Gasteiger partial charge in [-0.25, -0.2) is 9.97 Å². The summed E-state index contributed by atoms with van der Waals surface area (Å²) in [5, 5.41) is 0. The Kier molecular flexibility index (Phi) is 5.50. The van der Waals surface area contributed by atoms with Crippen LogP contribution in [0.1, 0.15) is 12.0 Å². The van der Waals surface area contributed by atoms with Crippen LogP contribution in [0.15, 0.2) is 43.0 Å². The molecule has 122 valence electrons. The minimum absolute atomic E-state index is 0.155. The third kappa shape index (κ3) is 4.03. The van der Waals surface area contributed by atoms with E-state index in [0.29, 0.717) is 13.2 Å². The van der Waals surface area contributed by atoms with Gasteiger partial charge < -0.3 is 14.4 Å². The highest BCUT2D eigenvalue weighted by Crippen LogP contribution is 2.27. The average molecular weight is 314 g/mol. The van der Waals surface area contributed by atoms with Crippen molar-refractivity contribution in [2.75, 3.05) is 31.8 Å². The molecule has 0 saturated carbocycles. The summed E-state index contributed by atoms with van der Waals surface area (Å²) in [6.45, 7) is 2.12. The fourth-order valence-corrected chi connectivity index (χ4v) is 2.99. The summed E-state index contributed by atoms with van der Waals surface area (Å²) >= 11 is 0. The molecule has 1 aliphatic heterocycles. The van der Waals surface area contributed by atoms with Crippen molar-refractivity contribution in [3.63, 3.8) is 0 Å². The van der Waals surface area contributed by atoms with Gasteiger partial charge in [-0.1, -0.05) is 0 Å². The summed E-state index contributed by atoms with van der Waals surface area (Å²) in [4.78, 5) is 15.2. The van der Waals surface area contributed by atoms with Crippen LogP contribution in [0.5, 0.6) is 0 Å². The van der Waals surface area contributed by atoms with E-state index in [0.717, 1.165) is 25.3 Å². The molecular weight excluding hydrogens is 292 g/mol. The van der Waals surface area contributed by atoms with Crippen LogP contribution in [-0.2, 0) is 15.9 Å². The SMILES string of the molecule is COCCO[C@@H]1CCN(c2ncccn2)[C@H]1Cc1ccncc1. The van der Waals surface area contributed by atoms with Gasteiger partial charge in [0, 0.05) is 38.4 Å². The molecule has 0 unspecified atom stereocenters. The second-order valence-corrected chi connectivity index (χ2v) is 5.56. The third-order valence-electron chi connectivity index (χ3n) is 4.11. The molecule has 6 nitrogen and oxygen atoms in total. The molecule has 0 amide bonds. The summed E-state index contributed by atoms with van der Waals surface area (Å²) in [6, 6.07) is 6.16. The van der Waals surface area contributed by atoms with E-state index in [1.165, 1.54) is 5.56 Å². The number of nitrogens with zero attached hydrogens (tertiary/aromatic N) is 4. The Balaban J connectivity index is 1.76. The largest absolute Gasteiger partial charge is 0.382 e. The van der Waals surface area contributed by atoms with Gasteiger partial charge in [-0.3, -0.25) is 4.98 Å². The predicted molar refractivity (Wildman–Crippen MR) is 87.3 cm³/mol. The van der Waals surface area contributed by atoms with Crippen LogP contribution in [0.4, 0.5) is 5.95 Å². The number of methoxy groups -OCH3 is 1. The van der Waals surface area contributed by atoms with Gasteiger partial charge in [0.25, 0.3) is 0 Å². The monoisotopic (exact) mass is 314 g/mol. The Morgan fingerprint density at radius 2 is 1.91 bits per heavy atom. The van der Waals surface area contributed by atoms with Crippen molar-refractivity contribution in [3.8, 4) is 0 Å². The Labute approximate surface area is 136 Å². The molecule has 2 atom stereocenters.